The number of hydrogen-bond acceptors (Lipinski definition) is 0. The molecule has 0 amide bonds. The molecule has 0 fully saturated rings. The second-order valence-electron chi connectivity index (χ2n) is 4.98. The summed E-state index contributed by atoms with van der Waals surface area (Å²) in [6, 6.07) is 3.43. The van der Waals surface area contributed by atoms with E-state index in [-0.39, 0.29) is 5.56 Å². The molecule has 0 bridgehead atoms. The largest absolute Gasteiger partial charge is 0.416 e. The quantitative estimate of drug-likeness (QED) is 0.479. The van der Waals surface area contributed by atoms with E-state index in [1.807, 2.05) is 0 Å². The van der Waals surface area contributed by atoms with Crippen LogP contribution in [-0.4, -0.2) is 30.3 Å². The molecule has 0 nitrogen and oxygen atoms in total. The van der Waals surface area contributed by atoms with Gasteiger partial charge in [-0.3, -0.25) is 0 Å². The lowest BCUT2D eigenvalue weighted by Gasteiger charge is -2.43. The van der Waals surface area contributed by atoms with E-state index in [9.17, 15) is 39.5 Å². The number of aryl methyl sites for hydroxylation is 1. The topological polar surface area (TPSA) is 0 Å². The minimum absolute atomic E-state index is 0.0109. The molecule has 23 heavy (non-hydrogen) atoms. The summed E-state index contributed by atoms with van der Waals surface area (Å²) in [7, 11) is -3.70. The first-order chi connectivity index (χ1) is 10.1. The normalized spacial score (nSPS) is 15.7. The zero-order valence-corrected chi connectivity index (χ0v) is 13.0. The summed E-state index contributed by atoms with van der Waals surface area (Å²) in [5.74, 6) is 0. The molecule has 0 N–H and O–H groups in total. The second kappa shape index (κ2) is 5.83. The smallest absolute Gasteiger partial charge is 0.169 e. The van der Waals surface area contributed by atoms with E-state index in [1.165, 1.54) is 19.9 Å². The summed E-state index contributed by atoms with van der Waals surface area (Å²) in [5, 5.41) is -6.35. The van der Waals surface area contributed by atoms with Gasteiger partial charge in [0, 0.05) is 0 Å². The van der Waals surface area contributed by atoms with Crippen molar-refractivity contribution in [2.24, 2.45) is 0 Å². The Bertz CT molecular complexity index is 532. The lowest BCUT2D eigenvalue weighted by molar-refractivity contribution is -0.347. The Morgan fingerprint density at radius 1 is 0.739 bits per heavy atom. The Morgan fingerprint density at radius 3 is 1.48 bits per heavy atom. The van der Waals surface area contributed by atoms with Gasteiger partial charge >= 0.3 is 18.5 Å². The molecule has 0 aliphatic heterocycles. The summed E-state index contributed by atoms with van der Waals surface area (Å²) >= 11 is 0. The molecule has 10 heteroatoms. The fourth-order valence-electron chi connectivity index (χ4n) is 2.33. The van der Waals surface area contributed by atoms with Crippen molar-refractivity contribution in [3.05, 3.63) is 29.3 Å². The minimum Gasteiger partial charge on any atom is -0.169 e. The SMILES string of the molecule is Cc1cccc(P(C)C(C(F)(F)F)(C(F)(F)F)C(F)(F)F)c1C. The van der Waals surface area contributed by atoms with Crippen LogP contribution in [0.2, 0.25) is 0 Å². The van der Waals surface area contributed by atoms with Crippen LogP contribution in [0.4, 0.5) is 39.5 Å². The second-order valence-corrected chi connectivity index (χ2v) is 7.25. The Kier molecular flexibility index (Phi) is 5.08. The van der Waals surface area contributed by atoms with Crippen molar-refractivity contribution in [2.75, 3.05) is 6.66 Å². The molecule has 0 saturated heterocycles. The predicted octanol–water partition coefficient (Wildman–Crippen LogP) is 5.47. The summed E-state index contributed by atoms with van der Waals surface area (Å²) in [4.78, 5) is 0. The number of halogens is 9. The minimum atomic E-state index is -6.53. The Hall–Kier alpha value is -0.980. The van der Waals surface area contributed by atoms with Gasteiger partial charge in [0.15, 0.2) is 0 Å². The lowest BCUT2D eigenvalue weighted by atomic mass is 10.1. The summed E-state index contributed by atoms with van der Waals surface area (Å²) in [6.07, 6.45) is -19.6. The third kappa shape index (κ3) is 3.04. The van der Waals surface area contributed by atoms with Gasteiger partial charge in [0.1, 0.15) is 0 Å². The highest BCUT2D eigenvalue weighted by Gasteiger charge is 2.85. The van der Waals surface area contributed by atoms with E-state index in [4.69, 9.17) is 0 Å². The zero-order chi connectivity index (χ0) is 18.4. The molecule has 0 spiro atoms. The number of benzene rings is 1. The van der Waals surface area contributed by atoms with Crippen LogP contribution in [0.3, 0.4) is 0 Å². The van der Waals surface area contributed by atoms with E-state index in [1.54, 1.807) is 0 Å². The summed E-state index contributed by atoms with van der Waals surface area (Å²) < 4.78 is 118. The molecule has 0 aliphatic carbocycles. The number of hydrogen-bond donors (Lipinski definition) is 0. The monoisotopic (exact) mass is 370 g/mol. The van der Waals surface area contributed by atoms with Crippen LogP contribution < -0.4 is 5.30 Å². The van der Waals surface area contributed by atoms with Crippen molar-refractivity contribution in [3.63, 3.8) is 0 Å². The standard InChI is InChI=1S/C13H12F9P/c1-7-5-4-6-9(8(7)2)23(3)10(11(14,15)16,12(17,18)19)13(20,21)22/h4-6H,1-3H3. The van der Waals surface area contributed by atoms with Crippen LogP contribution in [0.5, 0.6) is 0 Å². The first kappa shape index (κ1) is 20.1. The zero-order valence-electron chi connectivity index (χ0n) is 12.1. The molecule has 1 aromatic carbocycles. The average Bonchev–Trinajstić information content (AvgIpc) is 2.27. The van der Waals surface area contributed by atoms with Gasteiger partial charge in [-0.1, -0.05) is 18.2 Å². The Labute approximate surface area is 127 Å². The third-order valence-corrected chi connectivity index (χ3v) is 6.65. The molecule has 0 aliphatic rings. The van der Waals surface area contributed by atoms with Crippen molar-refractivity contribution in [1.82, 2.24) is 0 Å². The maximum Gasteiger partial charge on any atom is 0.416 e. The van der Waals surface area contributed by atoms with Gasteiger partial charge in [0.25, 0.3) is 5.16 Å². The first-order valence-corrected chi connectivity index (χ1v) is 7.88. The van der Waals surface area contributed by atoms with Crippen molar-refractivity contribution in [2.45, 2.75) is 37.5 Å². The number of alkyl halides is 9. The average molecular weight is 370 g/mol. The molecule has 1 aromatic rings. The molecule has 132 valence electrons. The fraction of sp³-hybridized carbons (Fsp3) is 0.538. The van der Waals surface area contributed by atoms with Gasteiger partial charge in [-0.05, 0) is 44.9 Å². The summed E-state index contributed by atoms with van der Waals surface area (Å²) in [6.45, 7) is 2.97. The highest BCUT2D eigenvalue weighted by Crippen LogP contribution is 2.68. The van der Waals surface area contributed by atoms with Crippen LogP contribution in [-0.2, 0) is 0 Å². The molecule has 1 unspecified atom stereocenters. The van der Waals surface area contributed by atoms with Gasteiger partial charge in [0.05, 0.1) is 0 Å². The molecular weight excluding hydrogens is 358 g/mol. The van der Waals surface area contributed by atoms with E-state index < -0.39 is 36.9 Å². The van der Waals surface area contributed by atoms with Crippen LogP contribution in [0.15, 0.2) is 18.2 Å². The van der Waals surface area contributed by atoms with E-state index in [2.05, 4.69) is 0 Å². The maximum absolute atomic E-state index is 13.1. The van der Waals surface area contributed by atoms with Gasteiger partial charge < -0.3 is 0 Å². The van der Waals surface area contributed by atoms with Crippen molar-refractivity contribution >= 4 is 13.2 Å². The molecule has 1 atom stereocenters. The Morgan fingerprint density at radius 2 is 1.13 bits per heavy atom. The molecular formula is C13H12F9P. The molecule has 0 heterocycles. The van der Waals surface area contributed by atoms with Crippen LogP contribution in [0.1, 0.15) is 11.1 Å². The predicted molar refractivity (Wildman–Crippen MR) is 69.3 cm³/mol. The van der Waals surface area contributed by atoms with Gasteiger partial charge in [-0.25, -0.2) is 0 Å². The fourth-order valence-corrected chi connectivity index (χ4v) is 4.82. The molecule has 0 saturated carbocycles. The van der Waals surface area contributed by atoms with Gasteiger partial charge in [-0.2, -0.15) is 39.5 Å². The maximum atomic E-state index is 13.1. The molecule has 0 aromatic heterocycles. The summed E-state index contributed by atoms with van der Waals surface area (Å²) in [5.41, 5.74) is 0.306. The van der Waals surface area contributed by atoms with Crippen molar-refractivity contribution < 1.29 is 39.5 Å². The molecule has 1 rings (SSSR count). The first-order valence-electron chi connectivity index (χ1n) is 6.09. The van der Waals surface area contributed by atoms with Gasteiger partial charge in [0.2, 0.25) is 0 Å². The van der Waals surface area contributed by atoms with Crippen molar-refractivity contribution in [3.8, 4) is 0 Å². The Balaban J connectivity index is 3.81. The van der Waals surface area contributed by atoms with E-state index >= 15 is 0 Å². The number of rotatable bonds is 2. The van der Waals surface area contributed by atoms with E-state index in [0.717, 1.165) is 12.1 Å². The van der Waals surface area contributed by atoms with Crippen LogP contribution in [0.25, 0.3) is 0 Å². The van der Waals surface area contributed by atoms with E-state index in [0.29, 0.717) is 12.2 Å². The highest BCUT2D eigenvalue weighted by atomic mass is 31.1. The van der Waals surface area contributed by atoms with Crippen LogP contribution >= 0.6 is 7.92 Å². The van der Waals surface area contributed by atoms with Crippen molar-refractivity contribution in [1.29, 1.82) is 0 Å². The molecule has 0 radical (unpaired) electrons. The van der Waals surface area contributed by atoms with Crippen LogP contribution in [0, 0.1) is 13.8 Å². The highest BCUT2D eigenvalue weighted by molar-refractivity contribution is 7.66. The van der Waals surface area contributed by atoms with Gasteiger partial charge in [-0.15, -0.1) is 0 Å². The lowest BCUT2D eigenvalue weighted by Crippen LogP contribution is -2.65. The third-order valence-electron chi connectivity index (χ3n) is 3.67.